The van der Waals surface area contributed by atoms with Crippen LogP contribution in [0.25, 0.3) is 0 Å². The van der Waals surface area contributed by atoms with Crippen LogP contribution >= 0.6 is 0 Å². The maximum atomic E-state index is 12.7. The quantitative estimate of drug-likeness (QED) is 0.0853. The van der Waals surface area contributed by atoms with Gasteiger partial charge in [-0.2, -0.15) is 0 Å². The van der Waals surface area contributed by atoms with Gasteiger partial charge in [-0.25, -0.2) is 0 Å². The lowest BCUT2D eigenvalue weighted by atomic mass is 10.0. The van der Waals surface area contributed by atoms with Crippen molar-refractivity contribution >= 4 is 5.97 Å². The molecule has 2 aromatic rings. The summed E-state index contributed by atoms with van der Waals surface area (Å²) in [7, 11) is 4.31. The molecule has 0 amide bonds. The minimum Gasteiger partial charge on any atom is -0.455 e. The summed E-state index contributed by atoms with van der Waals surface area (Å²) in [6, 6.07) is 18.6. The molecule has 200 valence electrons. The van der Waals surface area contributed by atoms with Gasteiger partial charge >= 0.3 is 5.97 Å². The summed E-state index contributed by atoms with van der Waals surface area (Å²) >= 11 is 0. The molecule has 1 unspecified atom stereocenters. The molecule has 4 heteroatoms. The molecule has 4 nitrogen and oxygen atoms in total. The minimum atomic E-state index is -0.535. The Hall–Kier alpha value is -2.33. The summed E-state index contributed by atoms with van der Waals surface area (Å²) in [5, 5.41) is 0. The average Bonchev–Trinajstić information content (AvgIpc) is 2.86. The zero-order chi connectivity index (χ0) is 26.1. The lowest BCUT2D eigenvalue weighted by Gasteiger charge is -2.30. The molecule has 0 radical (unpaired) electrons. The number of hydrogen-bond acceptors (Lipinski definition) is 3. The fourth-order valence-electron chi connectivity index (χ4n) is 4.55. The Bertz CT molecular complexity index is 849. The lowest BCUT2D eigenvalue weighted by Crippen LogP contribution is -2.41. The van der Waals surface area contributed by atoms with E-state index in [2.05, 4.69) is 64.3 Å². The molecule has 0 aliphatic heterocycles. The topological polar surface area (TPSA) is 35.5 Å². The van der Waals surface area contributed by atoms with E-state index in [0.29, 0.717) is 12.8 Å². The standard InChI is InChI=1S/C32H50NO3/c1-5-7-8-9-10-11-12-16-22-29-23-17-18-24-30(29)35-32(19-6-2)36-31(34)25-26-33(3,4)27-28-20-14-13-15-21-28/h13-15,17-18,20-21,23-24,32H,5-12,16,19,22,25-27H2,1-4H3/q+1. The van der Waals surface area contributed by atoms with Gasteiger partial charge in [0.1, 0.15) is 12.3 Å². The molecule has 2 rings (SSSR count). The molecular formula is C32H50NO3+. The van der Waals surface area contributed by atoms with Crippen LogP contribution in [-0.2, 0) is 22.5 Å². The maximum absolute atomic E-state index is 12.7. The number of rotatable bonds is 19. The van der Waals surface area contributed by atoms with E-state index in [1.54, 1.807) is 0 Å². The van der Waals surface area contributed by atoms with Crippen molar-refractivity contribution in [3.8, 4) is 5.75 Å². The van der Waals surface area contributed by atoms with Gasteiger partial charge in [-0.3, -0.25) is 4.79 Å². The third-order valence-electron chi connectivity index (χ3n) is 6.69. The van der Waals surface area contributed by atoms with Crippen LogP contribution in [0.1, 0.15) is 95.6 Å². The number of para-hydroxylation sites is 1. The SMILES string of the molecule is CCCCCCCCCCc1ccccc1OC(CCC)OC(=O)CC[N+](C)(C)Cc1ccccc1. The first-order valence-electron chi connectivity index (χ1n) is 14.2. The first-order chi connectivity index (χ1) is 17.4. The number of carbonyl (C=O) groups is 1. The fourth-order valence-corrected chi connectivity index (χ4v) is 4.55. The van der Waals surface area contributed by atoms with Gasteiger partial charge in [0.25, 0.3) is 0 Å². The molecule has 0 aliphatic carbocycles. The highest BCUT2D eigenvalue weighted by molar-refractivity contribution is 5.69. The molecule has 0 saturated heterocycles. The predicted molar refractivity (Wildman–Crippen MR) is 150 cm³/mol. The molecular weight excluding hydrogens is 446 g/mol. The highest BCUT2D eigenvalue weighted by Gasteiger charge is 2.22. The van der Waals surface area contributed by atoms with E-state index in [9.17, 15) is 4.79 Å². The Balaban J connectivity index is 1.81. The van der Waals surface area contributed by atoms with Gasteiger partial charge in [-0.05, 0) is 30.9 Å². The first-order valence-corrected chi connectivity index (χ1v) is 14.2. The highest BCUT2D eigenvalue weighted by atomic mass is 16.7. The van der Waals surface area contributed by atoms with Gasteiger partial charge in [0.05, 0.1) is 27.1 Å². The maximum Gasteiger partial charge on any atom is 0.314 e. The summed E-state index contributed by atoms with van der Waals surface area (Å²) in [6.07, 6.45) is 12.9. The summed E-state index contributed by atoms with van der Waals surface area (Å²) < 4.78 is 12.8. The van der Waals surface area contributed by atoms with Crippen molar-refractivity contribution < 1.29 is 18.8 Å². The van der Waals surface area contributed by atoms with E-state index in [1.165, 1.54) is 62.5 Å². The van der Waals surface area contributed by atoms with Gasteiger partial charge in [-0.15, -0.1) is 0 Å². The van der Waals surface area contributed by atoms with E-state index >= 15 is 0 Å². The van der Waals surface area contributed by atoms with Gasteiger partial charge < -0.3 is 14.0 Å². The lowest BCUT2D eigenvalue weighted by molar-refractivity contribution is -0.903. The smallest absolute Gasteiger partial charge is 0.314 e. The van der Waals surface area contributed by atoms with Crippen molar-refractivity contribution in [3.63, 3.8) is 0 Å². The second-order valence-corrected chi connectivity index (χ2v) is 10.7. The van der Waals surface area contributed by atoms with E-state index in [-0.39, 0.29) is 5.97 Å². The Morgan fingerprint density at radius 1 is 0.806 bits per heavy atom. The molecule has 0 spiro atoms. The van der Waals surface area contributed by atoms with Gasteiger partial charge in [0, 0.05) is 12.0 Å². The van der Waals surface area contributed by atoms with Crippen molar-refractivity contribution in [1.29, 1.82) is 0 Å². The van der Waals surface area contributed by atoms with Crippen LogP contribution in [0.15, 0.2) is 54.6 Å². The molecule has 0 bridgehead atoms. The normalized spacial score (nSPS) is 12.3. The van der Waals surface area contributed by atoms with Crippen LogP contribution < -0.4 is 4.74 Å². The highest BCUT2D eigenvalue weighted by Crippen LogP contribution is 2.24. The fraction of sp³-hybridized carbons (Fsp3) is 0.594. The molecule has 2 aromatic carbocycles. The second kappa shape index (κ2) is 17.2. The van der Waals surface area contributed by atoms with Crippen LogP contribution in [0, 0.1) is 0 Å². The van der Waals surface area contributed by atoms with E-state index in [4.69, 9.17) is 9.47 Å². The van der Waals surface area contributed by atoms with Gasteiger partial charge in [0.2, 0.25) is 6.29 Å². The third kappa shape index (κ3) is 12.6. The number of hydrogen-bond donors (Lipinski definition) is 0. The zero-order valence-electron chi connectivity index (χ0n) is 23.3. The third-order valence-corrected chi connectivity index (χ3v) is 6.69. The van der Waals surface area contributed by atoms with Gasteiger partial charge in [0.15, 0.2) is 0 Å². The summed E-state index contributed by atoms with van der Waals surface area (Å²) in [5.74, 6) is 0.667. The van der Waals surface area contributed by atoms with E-state index in [0.717, 1.165) is 36.2 Å². The van der Waals surface area contributed by atoms with Crippen LogP contribution in [0.3, 0.4) is 0 Å². The first kappa shape index (κ1) is 29.9. The zero-order valence-corrected chi connectivity index (χ0v) is 23.3. The predicted octanol–water partition coefficient (Wildman–Crippen LogP) is 8.08. The monoisotopic (exact) mass is 496 g/mol. The van der Waals surface area contributed by atoms with E-state index in [1.807, 2.05) is 18.2 Å². The van der Waals surface area contributed by atoms with E-state index < -0.39 is 6.29 Å². The minimum absolute atomic E-state index is 0.187. The molecule has 0 saturated carbocycles. The molecule has 0 N–H and O–H groups in total. The largest absolute Gasteiger partial charge is 0.455 e. The van der Waals surface area contributed by atoms with Crippen LogP contribution in [-0.4, -0.2) is 37.4 Å². The number of unbranched alkanes of at least 4 members (excludes halogenated alkanes) is 7. The summed E-state index contributed by atoms with van der Waals surface area (Å²) in [4.78, 5) is 12.7. The Labute approximate surface area is 220 Å². The second-order valence-electron chi connectivity index (χ2n) is 10.7. The Kier molecular flexibility index (Phi) is 14.3. The molecule has 1 atom stereocenters. The van der Waals surface area contributed by atoms with Crippen molar-refractivity contribution in [2.24, 2.45) is 0 Å². The Morgan fingerprint density at radius 2 is 1.44 bits per heavy atom. The van der Waals surface area contributed by atoms with Crippen molar-refractivity contribution in [2.45, 2.75) is 104 Å². The molecule has 36 heavy (non-hydrogen) atoms. The van der Waals surface area contributed by atoms with Gasteiger partial charge in [-0.1, -0.05) is 107 Å². The van der Waals surface area contributed by atoms with Crippen LogP contribution in [0.5, 0.6) is 5.75 Å². The molecule has 0 heterocycles. The van der Waals surface area contributed by atoms with Crippen LogP contribution in [0.4, 0.5) is 0 Å². The average molecular weight is 497 g/mol. The van der Waals surface area contributed by atoms with Crippen LogP contribution in [0.2, 0.25) is 0 Å². The number of ether oxygens (including phenoxy) is 2. The number of esters is 1. The number of benzene rings is 2. The number of carbonyl (C=O) groups excluding carboxylic acids is 1. The summed E-state index contributed by atoms with van der Waals surface area (Å²) in [6.45, 7) is 5.96. The molecule has 0 aliphatic rings. The molecule has 0 fully saturated rings. The number of nitrogens with zero attached hydrogens (tertiary/aromatic N) is 1. The van der Waals surface area contributed by atoms with Crippen molar-refractivity contribution in [3.05, 3.63) is 65.7 Å². The summed E-state index contributed by atoms with van der Waals surface area (Å²) in [5.41, 5.74) is 2.48. The number of aryl methyl sites for hydroxylation is 1. The number of quaternary nitrogens is 1. The Morgan fingerprint density at radius 3 is 2.14 bits per heavy atom. The molecule has 0 aromatic heterocycles. The van der Waals surface area contributed by atoms with Crippen molar-refractivity contribution in [2.75, 3.05) is 20.6 Å². The van der Waals surface area contributed by atoms with Crippen molar-refractivity contribution in [1.82, 2.24) is 0 Å².